The molecule has 1 aliphatic heterocycles. The second-order valence-electron chi connectivity index (χ2n) is 8.56. The van der Waals surface area contributed by atoms with Crippen LogP contribution in [0.15, 0.2) is 72.9 Å². The summed E-state index contributed by atoms with van der Waals surface area (Å²) in [7, 11) is 0. The van der Waals surface area contributed by atoms with E-state index < -0.39 is 0 Å². The van der Waals surface area contributed by atoms with Crippen LogP contribution in [-0.4, -0.2) is 51.6 Å². The molecule has 1 amide bonds. The highest BCUT2D eigenvalue weighted by molar-refractivity contribution is 6.00. The lowest BCUT2D eigenvalue weighted by Gasteiger charge is -2.26. The number of carbonyl (C=O) groups is 1. The average Bonchev–Trinajstić information content (AvgIpc) is 3.32. The third-order valence-electron chi connectivity index (χ3n) is 6.24. The maximum Gasteiger partial charge on any atom is 0.256 e. The summed E-state index contributed by atoms with van der Waals surface area (Å²) in [4.78, 5) is 20.4. The van der Waals surface area contributed by atoms with Gasteiger partial charge in [-0.2, -0.15) is 5.10 Å². The quantitative estimate of drug-likeness (QED) is 0.425. The molecule has 168 valence electrons. The van der Waals surface area contributed by atoms with Gasteiger partial charge in [-0.15, -0.1) is 0 Å². The summed E-state index contributed by atoms with van der Waals surface area (Å²) in [5.41, 5.74) is 4.84. The molecule has 3 heterocycles. The number of carbonyl (C=O) groups excluding carboxylic acids is 1. The minimum Gasteiger partial charge on any atom is -0.352 e. The van der Waals surface area contributed by atoms with Crippen LogP contribution in [0.2, 0.25) is 0 Å². The fourth-order valence-electron chi connectivity index (χ4n) is 4.48. The molecule has 0 radical (unpaired) electrons. The lowest BCUT2D eigenvalue weighted by atomic mass is 10.1. The van der Waals surface area contributed by atoms with Gasteiger partial charge in [-0.25, -0.2) is 9.50 Å². The third-order valence-corrected chi connectivity index (χ3v) is 6.24. The van der Waals surface area contributed by atoms with Gasteiger partial charge in [-0.05, 0) is 45.0 Å². The van der Waals surface area contributed by atoms with Crippen molar-refractivity contribution >= 4 is 11.6 Å². The minimum absolute atomic E-state index is 0.125. The van der Waals surface area contributed by atoms with E-state index in [2.05, 4.69) is 15.3 Å². The molecule has 0 atom stereocenters. The van der Waals surface area contributed by atoms with Gasteiger partial charge in [-0.1, -0.05) is 67.1 Å². The number of benzene rings is 2. The highest BCUT2D eigenvalue weighted by atomic mass is 16.1. The van der Waals surface area contributed by atoms with E-state index in [0.29, 0.717) is 17.8 Å². The summed E-state index contributed by atoms with van der Waals surface area (Å²) in [5.74, 6) is -0.125. The highest BCUT2D eigenvalue weighted by Crippen LogP contribution is 2.27. The van der Waals surface area contributed by atoms with E-state index in [9.17, 15) is 4.79 Å². The van der Waals surface area contributed by atoms with Crippen molar-refractivity contribution in [2.45, 2.75) is 25.7 Å². The standard InChI is InChI=1S/C27H29N5O/c33-27(28-15-10-18-31-16-8-3-9-17-31)23-20-29-32-25(22-13-6-2-7-14-22)19-24(30-26(23)32)21-11-4-1-5-12-21/h1-2,4-7,11-14,19-20H,3,8-10,15-18H2,(H,28,33). The van der Waals surface area contributed by atoms with Crippen molar-refractivity contribution in [3.05, 3.63) is 78.5 Å². The fraction of sp³-hybridized carbons (Fsp3) is 0.296. The van der Waals surface area contributed by atoms with Crippen LogP contribution < -0.4 is 5.32 Å². The van der Waals surface area contributed by atoms with Gasteiger partial charge in [-0.3, -0.25) is 4.79 Å². The number of hydrogen-bond donors (Lipinski definition) is 1. The number of likely N-dealkylation sites (tertiary alicyclic amines) is 1. The first-order valence-electron chi connectivity index (χ1n) is 11.8. The van der Waals surface area contributed by atoms with Crippen LogP contribution >= 0.6 is 0 Å². The number of fused-ring (bicyclic) bond motifs is 1. The van der Waals surface area contributed by atoms with Crippen molar-refractivity contribution < 1.29 is 4.79 Å². The summed E-state index contributed by atoms with van der Waals surface area (Å²) >= 11 is 0. The molecule has 6 nitrogen and oxygen atoms in total. The first kappa shape index (κ1) is 21.3. The van der Waals surface area contributed by atoms with Crippen LogP contribution in [0.25, 0.3) is 28.2 Å². The number of nitrogens with zero attached hydrogens (tertiary/aromatic N) is 4. The maximum absolute atomic E-state index is 13.0. The van der Waals surface area contributed by atoms with Crippen molar-refractivity contribution in [2.75, 3.05) is 26.2 Å². The lowest BCUT2D eigenvalue weighted by Crippen LogP contribution is -2.33. The Hall–Kier alpha value is -3.51. The molecular formula is C27H29N5O. The van der Waals surface area contributed by atoms with Crippen molar-refractivity contribution in [2.24, 2.45) is 0 Å². The Balaban J connectivity index is 1.41. The van der Waals surface area contributed by atoms with E-state index >= 15 is 0 Å². The van der Waals surface area contributed by atoms with E-state index in [4.69, 9.17) is 4.98 Å². The molecule has 6 heteroatoms. The van der Waals surface area contributed by atoms with Crippen molar-refractivity contribution in [3.8, 4) is 22.5 Å². The van der Waals surface area contributed by atoms with Gasteiger partial charge in [0, 0.05) is 17.7 Å². The molecule has 33 heavy (non-hydrogen) atoms. The number of amides is 1. The Morgan fingerprint density at radius 2 is 1.61 bits per heavy atom. The molecule has 0 unspecified atom stereocenters. The molecular weight excluding hydrogens is 410 g/mol. The summed E-state index contributed by atoms with van der Waals surface area (Å²) in [6, 6.07) is 22.2. The Morgan fingerprint density at radius 1 is 0.909 bits per heavy atom. The molecule has 1 N–H and O–H groups in total. The van der Waals surface area contributed by atoms with Crippen molar-refractivity contribution in [3.63, 3.8) is 0 Å². The molecule has 1 saturated heterocycles. The molecule has 1 fully saturated rings. The summed E-state index contributed by atoms with van der Waals surface area (Å²) in [6.07, 6.45) is 6.49. The van der Waals surface area contributed by atoms with Gasteiger partial charge in [0.2, 0.25) is 0 Å². The third kappa shape index (κ3) is 4.81. The van der Waals surface area contributed by atoms with Crippen LogP contribution in [0.5, 0.6) is 0 Å². The summed E-state index contributed by atoms with van der Waals surface area (Å²) in [6.45, 7) is 4.03. The Bertz CT molecular complexity index is 1210. The number of piperidine rings is 1. The first-order valence-corrected chi connectivity index (χ1v) is 11.8. The molecule has 5 rings (SSSR count). The maximum atomic E-state index is 13.0. The van der Waals surface area contributed by atoms with E-state index in [1.165, 1.54) is 32.4 Å². The summed E-state index contributed by atoms with van der Waals surface area (Å²) < 4.78 is 1.77. The molecule has 1 aliphatic rings. The summed E-state index contributed by atoms with van der Waals surface area (Å²) in [5, 5.41) is 7.61. The molecule has 0 spiro atoms. The van der Waals surface area contributed by atoms with E-state index in [-0.39, 0.29) is 5.91 Å². The molecule has 0 saturated carbocycles. The van der Waals surface area contributed by atoms with Crippen LogP contribution in [0.4, 0.5) is 0 Å². The minimum atomic E-state index is -0.125. The predicted octanol–water partition coefficient (Wildman–Crippen LogP) is 4.67. The average molecular weight is 440 g/mol. The zero-order valence-electron chi connectivity index (χ0n) is 18.8. The van der Waals surface area contributed by atoms with E-state index in [1.54, 1.807) is 10.7 Å². The van der Waals surface area contributed by atoms with Gasteiger partial charge in [0.15, 0.2) is 5.65 Å². The predicted molar refractivity (Wildman–Crippen MR) is 131 cm³/mol. The van der Waals surface area contributed by atoms with Gasteiger partial charge < -0.3 is 10.2 Å². The zero-order valence-corrected chi connectivity index (χ0v) is 18.8. The molecule has 0 bridgehead atoms. The highest BCUT2D eigenvalue weighted by Gasteiger charge is 2.18. The van der Waals surface area contributed by atoms with Crippen LogP contribution in [-0.2, 0) is 0 Å². The topological polar surface area (TPSA) is 62.5 Å². The van der Waals surface area contributed by atoms with Gasteiger partial charge in [0.25, 0.3) is 5.91 Å². The number of aromatic nitrogens is 3. The second-order valence-corrected chi connectivity index (χ2v) is 8.56. The Morgan fingerprint density at radius 3 is 2.33 bits per heavy atom. The zero-order chi connectivity index (χ0) is 22.5. The van der Waals surface area contributed by atoms with Gasteiger partial charge in [0.1, 0.15) is 5.56 Å². The Kier molecular flexibility index (Phi) is 6.44. The normalized spacial score (nSPS) is 14.4. The fourth-order valence-corrected chi connectivity index (χ4v) is 4.48. The van der Waals surface area contributed by atoms with Crippen molar-refractivity contribution in [1.29, 1.82) is 0 Å². The molecule has 2 aromatic carbocycles. The smallest absolute Gasteiger partial charge is 0.256 e. The number of rotatable bonds is 7. The second kappa shape index (κ2) is 9.96. The number of hydrogen-bond acceptors (Lipinski definition) is 4. The van der Waals surface area contributed by atoms with Crippen LogP contribution in [0.3, 0.4) is 0 Å². The van der Waals surface area contributed by atoms with E-state index in [1.807, 2.05) is 66.7 Å². The molecule has 4 aromatic rings. The molecule has 0 aliphatic carbocycles. The van der Waals surface area contributed by atoms with Gasteiger partial charge >= 0.3 is 0 Å². The van der Waals surface area contributed by atoms with Gasteiger partial charge in [0.05, 0.1) is 17.6 Å². The SMILES string of the molecule is O=C(NCCCN1CCCCC1)c1cnn2c(-c3ccccc3)cc(-c3ccccc3)nc12. The largest absolute Gasteiger partial charge is 0.352 e. The van der Waals surface area contributed by atoms with Crippen molar-refractivity contribution in [1.82, 2.24) is 24.8 Å². The monoisotopic (exact) mass is 439 g/mol. The van der Waals surface area contributed by atoms with Crippen LogP contribution in [0.1, 0.15) is 36.0 Å². The van der Waals surface area contributed by atoms with E-state index in [0.717, 1.165) is 35.5 Å². The molecule has 2 aromatic heterocycles. The van der Waals surface area contributed by atoms with Crippen LogP contribution in [0, 0.1) is 0 Å². The number of nitrogens with one attached hydrogen (secondary N) is 1. The Labute approximate surface area is 194 Å². The first-order chi connectivity index (χ1) is 16.3. The lowest BCUT2D eigenvalue weighted by molar-refractivity contribution is 0.0952.